The van der Waals surface area contributed by atoms with Crippen LogP contribution in [0.25, 0.3) is 0 Å². The Morgan fingerprint density at radius 3 is 2.94 bits per heavy atom. The Morgan fingerprint density at radius 1 is 1.39 bits per heavy atom. The number of nitrogens with zero attached hydrogens (tertiary/aromatic N) is 2. The molecule has 1 saturated carbocycles. The number of ether oxygens (including phenoxy) is 1. The molecule has 1 aliphatic rings. The summed E-state index contributed by atoms with van der Waals surface area (Å²) in [6.07, 6.45) is 10.1. The van der Waals surface area contributed by atoms with Gasteiger partial charge in [0.2, 0.25) is 0 Å². The fourth-order valence-electron chi connectivity index (χ4n) is 2.47. The van der Waals surface area contributed by atoms with Crippen molar-refractivity contribution in [1.82, 2.24) is 15.1 Å². The molecule has 0 amide bonds. The molecule has 1 aromatic heterocycles. The molecule has 1 N–H and O–H groups in total. The molecule has 1 aromatic rings. The van der Waals surface area contributed by atoms with Crippen molar-refractivity contribution in [3.63, 3.8) is 0 Å². The molecule has 0 radical (unpaired) electrons. The van der Waals surface area contributed by atoms with Crippen LogP contribution in [0.5, 0.6) is 0 Å². The minimum Gasteiger partial charge on any atom is -0.378 e. The zero-order valence-corrected chi connectivity index (χ0v) is 11.4. The second-order valence-corrected chi connectivity index (χ2v) is 5.11. The van der Waals surface area contributed by atoms with E-state index in [0.29, 0.717) is 6.10 Å². The first-order valence-corrected chi connectivity index (χ1v) is 7.15. The van der Waals surface area contributed by atoms with Gasteiger partial charge in [0.05, 0.1) is 11.8 Å². The third-order valence-corrected chi connectivity index (χ3v) is 3.63. The number of nitrogens with one attached hydrogen (secondary N) is 1. The molecule has 4 nitrogen and oxygen atoms in total. The molecular formula is C14H25N3O. The maximum absolute atomic E-state index is 5.89. The van der Waals surface area contributed by atoms with Gasteiger partial charge in [-0.15, -0.1) is 0 Å². The lowest BCUT2D eigenvalue weighted by atomic mass is 9.98. The first-order valence-electron chi connectivity index (χ1n) is 7.15. The lowest BCUT2D eigenvalue weighted by Gasteiger charge is -2.21. The summed E-state index contributed by atoms with van der Waals surface area (Å²) in [7, 11) is 1.98. The molecule has 0 aliphatic heterocycles. The monoisotopic (exact) mass is 251 g/mol. The smallest absolute Gasteiger partial charge is 0.0575 e. The van der Waals surface area contributed by atoms with Gasteiger partial charge in [0, 0.05) is 26.4 Å². The Bertz CT molecular complexity index is 332. The van der Waals surface area contributed by atoms with Crippen molar-refractivity contribution < 1.29 is 4.74 Å². The van der Waals surface area contributed by atoms with E-state index in [0.717, 1.165) is 26.1 Å². The fourth-order valence-corrected chi connectivity index (χ4v) is 2.47. The van der Waals surface area contributed by atoms with Crippen molar-refractivity contribution in [1.29, 1.82) is 0 Å². The largest absolute Gasteiger partial charge is 0.378 e. The number of rotatable bonds is 7. The Hall–Kier alpha value is -0.870. The topological polar surface area (TPSA) is 39.1 Å². The summed E-state index contributed by atoms with van der Waals surface area (Å²) in [5, 5.41) is 7.57. The predicted octanol–water partition coefficient (Wildman–Crippen LogP) is 2.25. The van der Waals surface area contributed by atoms with Crippen LogP contribution in [-0.2, 0) is 18.3 Å². The highest BCUT2D eigenvalue weighted by Gasteiger charge is 2.12. The van der Waals surface area contributed by atoms with E-state index in [1.807, 2.05) is 24.0 Å². The average molecular weight is 251 g/mol. The first kappa shape index (κ1) is 13.6. The first-order chi connectivity index (χ1) is 8.86. The number of aromatic nitrogens is 2. The Balaban J connectivity index is 1.47. The molecular weight excluding hydrogens is 226 g/mol. The molecule has 1 fully saturated rings. The van der Waals surface area contributed by atoms with Crippen LogP contribution in [0, 0.1) is 0 Å². The van der Waals surface area contributed by atoms with Gasteiger partial charge >= 0.3 is 0 Å². The normalized spacial score (nSPS) is 17.2. The van der Waals surface area contributed by atoms with Gasteiger partial charge in [-0.05, 0) is 31.9 Å². The van der Waals surface area contributed by atoms with Crippen LogP contribution in [0.3, 0.4) is 0 Å². The molecule has 0 aromatic carbocycles. The van der Waals surface area contributed by atoms with E-state index in [1.165, 1.54) is 37.8 Å². The van der Waals surface area contributed by atoms with Crippen molar-refractivity contribution in [3.8, 4) is 0 Å². The van der Waals surface area contributed by atoms with Crippen molar-refractivity contribution >= 4 is 0 Å². The summed E-state index contributed by atoms with van der Waals surface area (Å²) in [6.45, 7) is 2.79. The maximum Gasteiger partial charge on any atom is 0.0575 e. The minimum absolute atomic E-state index is 0.538. The number of hydrogen-bond acceptors (Lipinski definition) is 3. The SMILES string of the molecule is Cn1nccc1CNCCCOC1CCCCC1. The molecule has 1 heterocycles. The van der Waals surface area contributed by atoms with Crippen LogP contribution >= 0.6 is 0 Å². The Labute approximate surface area is 110 Å². The number of hydrogen-bond donors (Lipinski definition) is 1. The highest BCUT2D eigenvalue weighted by atomic mass is 16.5. The van der Waals surface area contributed by atoms with Crippen molar-refractivity contribution in [2.24, 2.45) is 7.05 Å². The second kappa shape index (κ2) is 7.54. The van der Waals surface area contributed by atoms with Gasteiger partial charge in [0.15, 0.2) is 0 Å². The van der Waals surface area contributed by atoms with Crippen molar-refractivity contribution in [2.75, 3.05) is 13.2 Å². The summed E-state index contributed by atoms with van der Waals surface area (Å²) in [4.78, 5) is 0. The lowest BCUT2D eigenvalue weighted by Crippen LogP contribution is -2.21. The van der Waals surface area contributed by atoms with Crippen LogP contribution in [0.2, 0.25) is 0 Å². The highest BCUT2D eigenvalue weighted by molar-refractivity contribution is 4.98. The van der Waals surface area contributed by atoms with E-state index in [-0.39, 0.29) is 0 Å². The van der Waals surface area contributed by atoms with Gasteiger partial charge in [-0.1, -0.05) is 19.3 Å². The molecule has 0 saturated heterocycles. The summed E-state index contributed by atoms with van der Waals surface area (Å²) in [5.41, 5.74) is 1.23. The second-order valence-electron chi connectivity index (χ2n) is 5.11. The number of aryl methyl sites for hydroxylation is 1. The van der Waals surface area contributed by atoms with Gasteiger partial charge in [0.1, 0.15) is 0 Å². The van der Waals surface area contributed by atoms with E-state index in [9.17, 15) is 0 Å². The molecule has 1 aliphatic carbocycles. The average Bonchev–Trinajstić information content (AvgIpc) is 2.81. The molecule has 4 heteroatoms. The summed E-state index contributed by atoms with van der Waals surface area (Å²) in [5.74, 6) is 0. The van der Waals surface area contributed by atoms with Crippen LogP contribution in [-0.4, -0.2) is 29.0 Å². The van der Waals surface area contributed by atoms with Crippen LogP contribution in [0.15, 0.2) is 12.3 Å². The quantitative estimate of drug-likeness (QED) is 0.755. The van der Waals surface area contributed by atoms with E-state index >= 15 is 0 Å². The van der Waals surface area contributed by atoms with Crippen LogP contribution in [0.1, 0.15) is 44.2 Å². The molecule has 102 valence electrons. The predicted molar refractivity (Wildman–Crippen MR) is 72.4 cm³/mol. The van der Waals surface area contributed by atoms with E-state index in [4.69, 9.17) is 4.74 Å². The summed E-state index contributed by atoms with van der Waals surface area (Å²) in [6, 6.07) is 2.05. The Morgan fingerprint density at radius 2 is 2.22 bits per heavy atom. The van der Waals surface area contributed by atoms with E-state index < -0.39 is 0 Å². The van der Waals surface area contributed by atoms with E-state index in [1.54, 1.807) is 0 Å². The minimum atomic E-state index is 0.538. The van der Waals surface area contributed by atoms with Gasteiger partial charge in [-0.3, -0.25) is 4.68 Å². The van der Waals surface area contributed by atoms with Crippen molar-refractivity contribution in [3.05, 3.63) is 18.0 Å². The molecule has 0 atom stereocenters. The van der Waals surface area contributed by atoms with Crippen molar-refractivity contribution in [2.45, 2.75) is 51.2 Å². The molecule has 0 spiro atoms. The lowest BCUT2D eigenvalue weighted by molar-refractivity contribution is 0.0273. The zero-order valence-electron chi connectivity index (χ0n) is 11.4. The zero-order chi connectivity index (χ0) is 12.6. The van der Waals surface area contributed by atoms with Crippen LogP contribution < -0.4 is 5.32 Å². The molecule has 0 unspecified atom stereocenters. The fraction of sp³-hybridized carbons (Fsp3) is 0.786. The highest BCUT2D eigenvalue weighted by Crippen LogP contribution is 2.20. The van der Waals surface area contributed by atoms with Gasteiger partial charge in [-0.25, -0.2) is 0 Å². The molecule has 2 rings (SSSR count). The van der Waals surface area contributed by atoms with E-state index in [2.05, 4.69) is 10.4 Å². The third kappa shape index (κ3) is 4.42. The standard InChI is InChI=1S/C14H25N3O/c1-17-13(8-10-16-17)12-15-9-5-11-18-14-6-3-2-4-7-14/h8,10,14-15H,2-7,9,11-12H2,1H3. The van der Waals surface area contributed by atoms with Crippen LogP contribution in [0.4, 0.5) is 0 Å². The molecule has 0 bridgehead atoms. The van der Waals surface area contributed by atoms with Gasteiger partial charge in [-0.2, -0.15) is 5.10 Å². The van der Waals surface area contributed by atoms with Gasteiger partial charge in [0.25, 0.3) is 0 Å². The summed E-state index contributed by atoms with van der Waals surface area (Å²) < 4.78 is 7.79. The maximum atomic E-state index is 5.89. The van der Waals surface area contributed by atoms with Gasteiger partial charge < -0.3 is 10.1 Å². The summed E-state index contributed by atoms with van der Waals surface area (Å²) >= 11 is 0. The third-order valence-electron chi connectivity index (χ3n) is 3.63. The molecule has 18 heavy (non-hydrogen) atoms. The Kier molecular flexibility index (Phi) is 5.68.